The van der Waals surface area contributed by atoms with Crippen LogP contribution in [0.25, 0.3) is 0 Å². The molecule has 6 unspecified atom stereocenters. The van der Waals surface area contributed by atoms with Gasteiger partial charge in [0, 0.05) is 91.5 Å². The van der Waals surface area contributed by atoms with Gasteiger partial charge in [0.1, 0.15) is 0 Å². The predicted molar refractivity (Wildman–Crippen MR) is 394 cm³/mol. The van der Waals surface area contributed by atoms with E-state index in [4.69, 9.17) is 20.4 Å². The Labute approximate surface area is 575 Å². The number of benzene rings is 8. The van der Waals surface area contributed by atoms with Crippen molar-refractivity contribution < 1.29 is 30.0 Å². The summed E-state index contributed by atoms with van der Waals surface area (Å²) >= 11 is 7.50. The molecule has 0 aliphatic carbocycles. The predicted octanol–water partition coefficient (Wildman–Crippen LogP) is 15.8. The van der Waals surface area contributed by atoms with E-state index in [0.717, 1.165) is 52.4 Å². The Morgan fingerprint density at radius 3 is 0.564 bits per heavy atom. The van der Waals surface area contributed by atoms with Crippen molar-refractivity contribution in [1.82, 2.24) is 19.6 Å². The number of nitrogens with zero attached hydrogens (tertiary/aromatic N) is 8. The number of fused-ring (bicyclic) bond motifs is 8. The van der Waals surface area contributed by atoms with E-state index in [1.165, 1.54) is 84.7 Å². The number of hydrogen-bond acceptors (Lipinski definition) is 16. The zero-order chi connectivity index (χ0) is 67.6. The topological polar surface area (TPSA) is 141 Å². The van der Waals surface area contributed by atoms with Crippen LogP contribution in [0.2, 0.25) is 0 Å². The summed E-state index contributed by atoms with van der Waals surface area (Å²) in [6, 6.07) is 69.8. The van der Waals surface area contributed by atoms with Gasteiger partial charge >= 0.3 is 11.9 Å². The summed E-state index contributed by atoms with van der Waals surface area (Å²) in [6.45, 7) is 17.9. The summed E-state index contributed by atoms with van der Waals surface area (Å²) in [5.74, 6) is -1.08. The van der Waals surface area contributed by atoms with Crippen molar-refractivity contribution in [2.24, 2.45) is 23.7 Å². The lowest BCUT2D eigenvalue weighted by Crippen LogP contribution is -2.39. The van der Waals surface area contributed by atoms with Crippen LogP contribution >= 0.6 is 47.0 Å². The number of rotatable bonds is 19. The average molecular weight is 1340 g/mol. The first-order chi connectivity index (χ1) is 45.1. The Bertz CT molecular complexity index is 3100. The summed E-state index contributed by atoms with van der Waals surface area (Å²) in [4.78, 5) is 49.4. The average Bonchev–Trinajstić information content (AvgIpc) is 0.808. The molecule has 498 valence electrons. The highest BCUT2D eigenvalue weighted by Gasteiger charge is 2.31. The number of aliphatic hydroxyl groups is 2. The van der Waals surface area contributed by atoms with Crippen LogP contribution in [-0.2, 0) is 9.59 Å². The summed E-state index contributed by atoms with van der Waals surface area (Å²) < 4.78 is 0. The van der Waals surface area contributed by atoms with Crippen LogP contribution < -0.4 is 19.6 Å². The minimum absolute atomic E-state index is 0.615. The smallest absolute Gasteiger partial charge is 0.335 e. The van der Waals surface area contributed by atoms with Gasteiger partial charge in [0.25, 0.3) is 0 Å². The molecule has 0 radical (unpaired) electrons. The number of aliphatic hydroxyl groups excluding tert-OH is 2. The fourth-order valence-corrected chi connectivity index (χ4v) is 16.5. The third-order valence-electron chi connectivity index (χ3n) is 15.6. The van der Waals surface area contributed by atoms with Crippen LogP contribution in [0, 0.1) is 23.7 Å². The van der Waals surface area contributed by atoms with Gasteiger partial charge in [-0.15, -0.1) is 0 Å². The summed E-state index contributed by atoms with van der Waals surface area (Å²) in [7, 11) is 17.1. The van der Waals surface area contributed by atoms with Gasteiger partial charge in [-0.05, 0) is 177 Å². The normalized spacial score (nSPS) is 14.9. The SMILES string of the molecule is CC(CN(C)C)CN1c2ccccc2Sc2ccccc21.CC(CN(C)C)CN1c2ccccc2Sc2ccccc21.CC(CN(C)C)CN1c2ccccc2Sc2ccccc21.CC(CN(C)C)CN1c2ccccc2Sc2ccccc21.O=C(O)C(O)C(O)C(=O)O. The van der Waals surface area contributed by atoms with Gasteiger partial charge in [-0.2, -0.15) is 0 Å². The molecule has 4 aliphatic rings. The van der Waals surface area contributed by atoms with Crippen LogP contribution in [0.3, 0.4) is 0 Å². The van der Waals surface area contributed by atoms with E-state index < -0.39 is 24.1 Å². The zero-order valence-corrected chi connectivity index (χ0v) is 59.7. The molecule has 0 fully saturated rings. The first-order valence-electron chi connectivity index (χ1n) is 32.0. The van der Waals surface area contributed by atoms with Crippen LogP contribution in [0.15, 0.2) is 233 Å². The molecule has 14 nitrogen and oxygen atoms in total. The maximum atomic E-state index is 9.77. The van der Waals surface area contributed by atoms with Gasteiger partial charge in [0.2, 0.25) is 0 Å². The summed E-state index contributed by atoms with van der Waals surface area (Å²) in [5, 5.41) is 32.5. The van der Waals surface area contributed by atoms with E-state index in [1.807, 2.05) is 47.0 Å². The van der Waals surface area contributed by atoms with E-state index in [2.05, 4.69) is 317 Å². The van der Waals surface area contributed by atoms with Crippen LogP contribution in [0.4, 0.5) is 45.5 Å². The highest BCUT2D eigenvalue weighted by molar-refractivity contribution is 8.00. The van der Waals surface area contributed by atoms with Crippen LogP contribution in [0.5, 0.6) is 0 Å². The van der Waals surface area contributed by atoms with Crippen LogP contribution in [-0.4, -0.2) is 173 Å². The Morgan fingerprint density at radius 2 is 0.436 bits per heavy atom. The summed E-state index contributed by atoms with van der Waals surface area (Å²) in [5.41, 5.74) is 10.7. The molecular weight excluding hydrogens is 1250 g/mol. The molecule has 0 spiro atoms. The molecule has 0 bridgehead atoms. The zero-order valence-electron chi connectivity index (χ0n) is 56.4. The first kappa shape index (κ1) is 72.9. The van der Waals surface area contributed by atoms with E-state index in [9.17, 15) is 9.59 Å². The van der Waals surface area contributed by atoms with Gasteiger partial charge in [0.05, 0.1) is 45.5 Å². The Balaban J connectivity index is 0.000000153. The lowest BCUT2D eigenvalue weighted by molar-refractivity contribution is -0.165. The number of anilines is 8. The number of aliphatic carboxylic acids is 2. The van der Waals surface area contributed by atoms with Crippen molar-refractivity contribution in [2.75, 3.05) is 128 Å². The molecule has 0 saturated carbocycles. The number of hydrogen-bond donors (Lipinski definition) is 4. The number of carboxylic acids is 2. The molecule has 94 heavy (non-hydrogen) atoms. The van der Waals surface area contributed by atoms with E-state index in [0.29, 0.717) is 23.7 Å². The second-order valence-electron chi connectivity index (χ2n) is 25.6. The highest BCUT2D eigenvalue weighted by atomic mass is 32.2. The van der Waals surface area contributed by atoms with Gasteiger partial charge in [0.15, 0.2) is 12.2 Å². The maximum absolute atomic E-state index is 9.77. The second-order valence-corrected chi connectivity index (χ2v) is 30.0. The molecule has 0 aromatic heterocycles. The van der Waals surface area contributed by atoms with Crippen molar-refractivity contribution in [3.63, 3.8) is 0 Å². The molecule has 0 saturated heterocycles. The van der Waals surface area contributed by atoms with Gasteiger partial charge < -0.3 is 59.6 Å². The molecule has 4 N–H and O–H groups in total. The number of carboxylic acid groups (broad SMARTS) is 2. The molecule has 4 heterocycles. The fourth-order valence-electron chi connectivity index (χ4n) is 12.2. The molecule has 8 aromatic rings. The third kappa shape index (κ3) is 20.1. The van der Waals surface area contributed by atoms with Crippen LogP contribution in [0.1, 0.15) is 27.7 Å². The molecule has 12 rings (SSSR count). The van der Waals surface area contributed by atoms with Crippen molar-refractivity contribution in [3.8, 4) is 0 Å². The first-order valence-corrected chi connectivity index (χ1v) is 35.3. The largest absolute Gasteiger partial charge is 0.479 e. The number of carbonyl (C=O) groups is 2. The minimum Gasteiger partial charge on any atom is -0.479 e. The van der Waals surface area contributed by atoms with Gasteiger partial charge in [-0.25, -0.2) is 9.59 Å². The minimum atomic E-state index is -2.27. The van der Waals surface area contributed by atoms with Crippen molar-refractivity contribution in [2.45, 2.75) is 79.1 Å². The quantitative estimate of drug-likeness (QED) is 0.0610. The maximum Gasteiger partial charge on any atom is 0.335 e. The number of para-hydroxylation sites is 8. The molecule has 18 heteroatoms. The fraction of sp³-hybridized carbons (Fsp3) is 0.342. The molecule has 4 aliphatic heterocycles. The lowest BCUT2D eigenvalue weighted by atomic mass is 10.1. The van der Waals surface area contributed by atoms with Gasteiger partial charge in [-0.1, -0.05) is 172 Å². The second kappa shape index (κ2) is 35.2. The molecule has 0 amide bonds. The Morgan fingerprint density at radius 1 is 0.298 bits per heavy atom. The highest BCUT2D eigenvalue weighted by Crippen LogP contribution is 2.52. The standard InChI is InChI=1S/4C18H22N2S.C4H6O6/c4*1-14(12-19(2)3)13-20-15-8-4-6-10-17(15)21-18-11-7-5-9-16(18)20;5-1(3(7)8)2(6)4(9)10/h4*4-11,14H,12-13H2,1-3H3;1-2,5-6H,(H,7,8)(H,9,10). The molecule has 6 atom stereocenters. The molecule has 8 aromatic carbocycles. The van der Waals surface area contributed by atoms with E-state index >= 15 is 0 Å². The van der Waals surface area contributed by atoms with Crippen molar-refractivity contribution in [1.29, 1.82) is 0 Å². The van der Waals surface area contributed by atoms with Gasteiger partial charge in [-0.3, -0.25) is 0 Å². The van der Waals surface area contributed by atoms with E-state index in [-0.39, 0.29) is 0 Å². The molecular formula is C76H94N8O6S4. The Hall–Kier alpha value is -6.94. The van der Waals surface area contributed by atoms with E-state index in [1.54, 1.807) is 0 Å². The Kier molecular flexibility index (Phi) is 27.3. The summed E-state index contributed by atoms with van der Waals surface area (Å²) in [6.07, 6.45) is -4.53. The third-order valence-corrected chi connectivity index (χ3v) is 20.1. The monoisotopic (exact) mass is 1340 g/mol. The van der Waals surface area contributed by atoms with Crippen molar-refractivity contribution in [3.05, 3.63) is 194 Å². The van der Waals surface area contributed by atoms with Crippen molar-refractivity contribution >= 4 is 104 Å². The lowest BCUT2D eigenvalue weighted by Gasteiger charge is -2.35.